The summed E-state index contributed by atoms with van der Waals surface area (Å²) in [5, 5.41) is 16.8. The summed E-state index contributed by atoms with van der Waals surface area (Å²) in [6.07, 6.45) is 2.37. The minimum Gasteiger partial charge on any atom is -0.466 e. The van der Waals surface area contributed by atoms with Crippen molar-refractivity contribution in [2.45, 2.75) is 39.2 Å². The van der Waals surface area contributed by atoms with Crippen LogP contribution in [0.4, 0.5) is 0 Å². The maximum absolute atomic E-state index is 11.9. The van der Waals surface area contributed by atoms with Crippen molar-refractivity contribution in [3.63, 3.8) is 0 Å². The quantitative estimate of drug-likeness (QED) is 0.848. The normalized spacial score (nSPS) is 13.9. The summed E-state index contributed by atoms with van der Waals surface area (Å²) >= 11 is 0. The summed E-state index contributed by atoms with van der Waals surface area (Å²) < 4.78 is 10.2. The number of aromatic nitrogens is 1. The van der Waals surface area contributed by atoms with Crippen molar-refractivity contribution in [2.75, 3.05) is 6.54 Å². The molecule has 0 aliphatic rings. The van der Waals surface area contributed by atoms with Gasteiger partial charge in [0.25, 0.3) is 0 Å². The molecular formula is C15H20N2O4. The minimum absolute atomic E-state index is 0.0982. The number of aryl methyl sites for hydroxylation is 2. The predicted octanol–water partition coefficient (Wildman–Crippen LogP) is 1.84. The van der Waals surface area contributed by atoms with Crippen LogP contribution < -0.4 is 5.32 Å². The second kappa shape index (κ2) is 6.13. The summed E-state index contributed by atoms with van der Waals surface area (Å²) in [6.45, 7) is 5.38. The van der Waals surface area contributed by atoms with Gasteiger partial charge in [0, 0.05) is 12.0 Å². The molecule has 6 heteroatoms. The summed E-state index contributed by atoms with van der Waals surface area (Å²) in [6, 6.07) is 3.37. The first-order chi connectivity index (χ1) is 9.90. The molecule has 0 bridgehead atoms. The largest absolute Gasteiger partial charge is 0.466 e. The van der Waals surface area contributed by atoms with Crippen LogP contribution in [0, 0.1) is 13.8 Å². The Morgan fingerprint density at radius 3 is 2.81 bits per heavy atom. The van der Waals surface area contributed by atoms with Gasteiger partial charge in [0.05, 0.1) is 18.5 Å². The molecule has 6 nitrogen and oxygen atoms in total. The zero-order chi connectivity index (χ0) is 15.5. The van der Waals surface area contributed by atoms with Gasteiger partial charge in [-0.1, -0.05) is 5.16 Å². The summed E-state index contributed by atoms with van der Waals surface area (Å²) in [5.41, 5.74) is 0.549. The number of carbonyl (C=O) groups is 1. The van der Waals surface area contributed by atoms with Gasteiger partial charge in [-0.15, -0.1) is 0 Å². The molecule has 0 saturated heterocycles. The number of nitrogens with zero attached hydrogens (tertiary/aromatic N) is 1. The number of nitrogens with one attached hydrogen (secondary N) is 1. The Morgan fingerprint density at radius 2 is 2.24 bits per heavy atom. The van der Waals surface area contributed by atoms with Crippen molar-refractivity contribution in [1.29, 1.82) is 0 Å². The molecule has 0 aliphatic heterocycles. The van der Waals surface area contributed by atoms with E-state index in [1.54, 1.807) is 19.1 Å². The van der Waals surface area contributed by atoms with Crippen molar-refractivity contribution in [2.24, 2.45) is 0 Å². The Bertz CT molecular complexity index is 580. The Morgan fingerprint density at radius 1 is 1.48 bits per heavy atom. The molecule has 1 unspecified atom stereocenters. The zero-order valence-electron chi connectivity index (χ0n) is 12.5. The van der Waals surface area contributed by atoms with Crippen molar-refractivity contribution >= 4 is 5.91 Å². The van der Waals surface area contributed by atoms with Gasteiger partial charge >= 0.3 is 0 Å². The molecule has 0 aliphatic carbocycles. The fraction of sp³-hybridized carbons (Fsp3) is 0.467. The first kappa shape index (κ1) is 15.3. The Kier molecular flexibility index (Phi) is 4.47. The molecule has 114 valence electrons. The molecule has 2 N–H and O–H groups in total. The highest BCUT2D eigenvalue weighted by Crippen LogP contribution is 2.20. The fourth-order valence-corrected chi connectivity index (χ4v) is 2.13. The van der Waals surface area contributed by atoms with E-state index in [1.165, 1.54) is 6.26 Å². The first-order valence-electron chi connectivity index (χ1n) is 6.85. The van der Waals surface area contributed by atoms with Crippen molar-refractivity contribution in [3.05, 3.63) is 41.2 Å². The van der Waals surface area contributed by atoms with Crippen molar-refractivity contribution in [1.82, 2.24) is 10.5 Å². The first-order valence-corrected chi connectivity index (χ1v) is 6.85. The standard InChI is InChI=1S/C15H20N2O4/c1-10-12(11(2)21-17-10)6-7-14(18)16-9-15(3,19)13-5-4-8-20-13/h4-5,8,19H,6-7,9H2,1-3H3,(H,16,18). The van der Waals surface area contributed by atoms with Gasteiger partial charge in [0.15, 0.2) is 0 Å². The van der Waals surface area contributed by atoms with Crippen LogP contribution in [0.2, 0.25) is 0 Å². The molecule has 2 aromatic rings. The fourth-order valence-electron chi connectivity index (χ4n) is 2.13. The third-order valence-electron chi connectivity index (χ3n) is 3.47. The lowest BCUT2D eigenvalue weighted by atomic mass is 10.0. The molecule has 2 heterocycles. The van der Waals surface area contributed by atoms with Crippen LogP contribution in [-0.4, -0.2) is 22.7 Å². The number of hydrogen-bond acceptors (Lipinski definition) is 5. The van der Waals surface area contributed by atoms with E-state index in [-0.39, 0.29) is 12.5 Å². The molecule has 0 saturated carbocycles. The van der Waals surface area contributed by atoms with Crippen LogP contribution in [0.3, 0.4) is 0 Å². The van der Waals surface area contributed by atoms with Gasteiger partial charge in [-0.3, -0.25) is 4.79 Å². The molecule has 1 atom stereocenters. The highest BCUT2D eigenvalue weighted by Gasteiger charge is 2.26. The monoisotopic (exact) mass is 292 g/mol. The number of rotatable bonds is 6. The van der Waals surface area contributed by atoms with Crippen molar-refractivity contribution in [3.8, 4) is 0 Å². The van der Waals surface area contributed by atoms with Gasteiger partial charge in [-0.25, -0.2) is 0 Å². The van der Waals surface area contributed by atoms with Gasteiger partial charge in [-0.05, 0) is 39.3 Å². The number of amides is 1. The predicted molar refractivity (Wildman–Crippen MR) is 75.6 cm³/mol. The molecule has 21 heavy (non-hydrogen) atoms. The average Bonchev–Trinajstić information content (AvgIpc) is 3.06. The highest BCUT2D eigenvalue weighted by molar-refractivity contribution is 5.76. The number of hydrogen-bond donors (Lipinski definition) is 2. The Balaban J connectivity index is 1.83. The maximum Gasteiger partial charge on any atom is 0.220 e. The van der Waals surface area contributed by atoms with E-state index in [2.05, 4.69) is 10.5 Å². The summed E-state index contributed by atoms with van der Waals surface area (Å²) in [7, 11) is 0. The van der Waals surface area contributed by atoms with E-state index in [1.807, 2.05) is 13.8 Å². The van der Waals surface area contributed by atoms with Gasteiger partial charge in [-0.2, -0.15) is 0 Å². The molecule has 2 rings (SSSR count). The van der Waals surface area contributed by atoms with E-state index >= 15 is 0 Å². The average molecular weight is 292 g/mol. The molecule has 1 amide bonds. The van der Waals surface area contributed by atoms with Crippen LogP contribution in [0.5, 0.6) is 0 Å². The SMILES string of the molecule is Cc1noc(C)c1CCC(=O)NCC(C)(O)c1ccco1. The second-order valence-electron chi connectivity index (χ2n) is 5.33. The summed E-state index contributed by atoms with van der Waals surface area (Å²) in [4.78, 5) is 11.9. The molecule has 2 aromatic heterocycles. The van der Waals surface area contributed by atoms with Crippen LogP contribution in [0.1, 0.15) is 36.1 Å². The van der Waals surface area contributed by atoms with E-state index in [9.17, 15) is 9.90 Å². The van der Waals surface area contributed by atoms with Gasteiger partial charge in [0.1, 0.15) is 17.1 Å². The van der Waals surface area contributed by atoms with Crippen LogP contribution in [0.25, 0.3) is 0 Å². The Hall–Kier alpha value is -2.08. The van der Waals surface area contributed by atoms with E-state index in [4.69, 9.17) is 8.94 Å². The second-order valence-corrected chi connectivity index (χ2v) is 5.33. The topological polar surface area (TPSA) is 88.5 Å². The summed E-state index contributed by atoms with van der Waals surface area (Å²) in [5.74, 6) is 1.03. The smallest absolute Gasteiger partial charge is 0.220 e. The van der Waals surface area contributed by atoms with Crippen LogP contribution in [0.15, 0.2) is 27.3 Å². The lowest BCUT2D eigenvalue weighted by molar-refractivity contribution is -0.122. The lowest BCUT2D eigenvalue weighted by Gasteiger charge is -2.21. The van der Waals surface area contributed by atoms with Crippen molar-refractivity contribution < 1.29 is 18.8 Å². The highest BCUT2D eigenvalue weighted by atomic mass is 16.5. The zero-order valence-corrected chi connectivity index (χ0v) is 12.5. The number of aliphatic hydroxyl groups is 1. The van der Waals surface area contributed by atoms with Crippen LogP contribution in [-0.2, 0) is 16.8 Å². The van der Waals surface area contributed by atoms with Gasteiger partial charge in [0.2, 0.25) is 5.91 Å². The molecule has 0 radical (unpaired) electrons. The lowest BCUT2D eigenvalue weighted by Crippen LogP contribution is -2.38. The number of carbonyl (C=O) groups excluding carboxylic acids is 1. The van der Waals surface area contributed by atoms with E-state index < -0.39 is 5.60 Å². The van der Waals surface area contributed by atoms with E-state index in [0.29, 0.717) is 18.6 Å². The molecular weight excluding hydrogens is 272 g/mol. The van der Waals surface area contributed by atoms with Gasteiger partial charge < -0.3 is 19.4 Å². The minimum atomic E-state index is -1.22. The Labute approximate surface area is 123 Å². The van der Waals surface area contributed by atoms with E-state index in [0.717, 1.165) is 17.0 Å². The third-order valence-corrected chi connectivity index (χ3v) is 3.47. The molecule has 0 fully saturated rings. The maximum atomic E-state index is 11.9. The molecule has 0 aromatic carbocycles. The van der Waals surface area contributed by atoms with Crippen LogP contribution >= 0.6 is 0 Å². The third kappa shape index (κ3) is 3.72. The molecule has 0 spiro atoms. The number of furan rings is 1.